The van der Waals surface area contributed by atoms with Crippen molar-refractivity contribution in [2.24, 2.45) is 0 Å². The lowest BCUT2D eigenvalue weighted by Gasteiger charge is -2.19. The second kappa shape index (κ2) is 7.28. The molecule has 0 heterocycles. The Morgan fingerprint density at radius 2 is 1.84 bits per heavy atom. The molecule has 0 unspecified atom stereocenters. The summed E-state index contributed by atoms with van der Waals surface area (Å²) in [5, 5.41) is 0. The van der Waals surface area contributed by atoms with Crippen molar-refractivity contribution in [1.82, 2.24) is 9.62 Å². The first-order valence-corrected chi connectivity index (χ1v) is 8.87. The molecule has 0 bridgehead atoms. The molecule has 2 aromatic rings. The van der Waals surface area contributed by atoms with Crippen molar-refractivity contribution in [3.05, 3.63) is 64.7 Å². The van der Waals surface area contributed by atoms with Gasteiger partial charge in [0.05, 0.1) is 4.90 Å². The summed E-state index contributed by atoms with van der Waals surface area (Å²) in [5.41, 5.74) is 0.946. The Morgan fingerprint density at radius 1 is 1.16 bits per heavy atom. The number of nitrogens with zero attached hydrogens (tertiary/aromatic N) is 1. The van der Waals surface area contributed by atoms with Gasteiger partial charge < -0.3 is 4.90 Å². The van der Waals surface area contributed by atoms with Crippen LogP contribution in [0.25, 0.3) is 0 Å². The van der Waals surface area contributed by atoms with Crippen LogP contribution in [0.5, 0.6) is 0 Å². The van der Waals surface area contributed by atoms with Gasteiger partial charge in [-0.3, -0.25) is 4.79 Å². The van der Waals surface area contributed by atoms with Crippen molar-refractivity contribution in [3.63, 3.8) is 0 Å². The van der Waals surface area contributed by atoms with Crippen molar-refractivity contribution < 1.29 is 22.0 Å². The SMILES string of the molecule is CNS(=O)(=O)c1ccc(C)c(C(=O)N(C)Cc2ccc(F)cc2F)c1. The maximum absolute atomic E-state index is 13.8. The molecule has 2 rings (SSSR count). The van der Waals surface area contributed by atoms with Crippen LogP contribution in [-0.4, -0.2) is 33.3 Å². The largest absolute Gasteiger partial charge is 0.337 e. The van der Waals surface area contributed by atoms with Crippen molar-refractivity contribution in [1.29, 1.82) is 0 Å². The second-order valence-corrected chi connectivity index (χ2v) is 7.47. The van der Waals surface area contributed by atoms with Crippen molar-refractivity contribution in [3.8, 4) is 0 Å². The lowest BCUT2D eigenvalue weighted by molar-refractivity contribution is 0.0783. The molecule has 0 fully saturated rings. The molecule has 0 saturated carbocycles. The van der Waals surface area contributed by atoms with Crippen LogP contribution in [0.4, 0.5) is 8.78 Å². The maximum atomic E-state index is 13.8. The standard InChI is InChI=1S/C17H18F2N2O3S/c1-11-4-7-14(25(23,24)20-2)9-15(11)17(22)21(3)10-12-5-6-13(18)8-16(12)19/h4-9,20H,10H2,1-3H3. The van der Waals surface area contributed by atoms with E-state index in [2.05, 4.69) is 4.72 Å². The summed E-state index contributed by atoms with van der Waals surface area (Å²) in [7, 11) is -0.949. The first-order chi connectivity index (χ1) is 11.7. The van der Waals surface area contributed by atoms with E-state index in [4.69, 9.17) is 0 Å². The Balaban J connectivity index is 2.31. The summed E-state index contributed by atoms with van der Waals surface area (Å²) in [6.45, 7) is 1.60. The molecule has 0 saturated heterocycles. The lowest BCUT2D eigenvalue weighted by Crippen LogP contribution is -2.28. The smallest absolute Gasteiger partial charge is 0.254 e. The first kappa shape index (κ1) is 19.0. The van der Waals surface area contributed by atoms with Gasteiger partial charge >= 0.3 is 0 Å². The topological polar surface area (TPSA) is 66.5 Å². The van der Waals surface area contributed by atoms with Crippen LogP contribution in [0.2, 0.25) is 0 Å². The fraction of sp³-hybridized carbons (Fsp3) is 0.235. The van der Waals surface area contributed by atoms with E-state index in [-0.39, 0.29) is 22.6 Å². The highest BCUT2D eigenvalue weighted by Crippen LogP contribution is 2.19. The van der Waals surface area contributed by atoms with Crippen molar-refractivity contribution in [2.75, 3.05) is 14.1 Å². The minimum absolute atomic E-state index is 0.0367. The number of aryl methyl sites for hydroxylation is 1. The number of carbonyl (C=O) groups is 1. The monoisotopic (exact) mass is 368 g/mol. The number of hydrogen-bond donors (Lipinski definition) is 1. The summed E-state index contributed by atoms with van der Waals surface area (Å²) >= 11 is 0. The summed E-state index contributed by atoms with van der Waals surface area (Å²) in [5.74, 6) is -1.91. The summed E-state index contributed by atoms with van der Waals surface area (Å²) in [6.07, 6.45) is 0. The molecular weight excluding hydrogens is 350 g/mol. The fourth-order valence-electron chi connectivity index (χ4n) is 2.30. The zero-order chi connectivity index (χ0) is 18.8. The van der Waals surface area contributed by atoms with Gasteiger partial charge in [0.15, 0.2) is 0 Å². The van der Waals surface area contributed by atoms with E-state index in [9.17, 15) is 22.0 Å². The number of benzene rings is 2. The van der Waals surface area contributed by atoms with Crippen LogP contribution in [0.1, 0.15) is 21.5 Å². The van der Waals surface area contributed by atoms with E-state index in [0.717, 1.165) is 12.1 Å². The minimum Gasteiger partial charge on any atom is -0.337 e. The molecular formula is C17H18F2N2O3S. The third-order valence-electron chi connectivity index (χ3n) is 3.79. The molecule has 25 heavy (non-hydrogen) atoms. The lowest BCUT2D eigenvalue weighted by atomic mass is 10.1. The zero-order valence-corrected chi connectivity index (χ0v) is 14.8. The van der Waals surface area contributed by atoms with Crippen LogP contribution in [0.15, 0.2) is 41.3 Å². The molecule has 2 aromatic carbocycles. The van der Waals surface area contributed by atoms with Gasteiger partial charge in [-0.25, -0.2) is 21.9 Å². The summed E-state index contributed by atoms with van der Waals surface area (Å²) in [6, 6.07) is 7.34. The Kier molecular flexibility index (Phi) is 5.54. The van der Waals surface area contributed by atoms with E-state index in [1.54, 1.807) is 6.92 Å². The van der Waals surface area contributed by atoms with Gasteiger partial charge in [-0.2, -0.15) is 0 Å². The number of nitrogens with one attached hydrogen (secondary N) is 1. The highest BCUT2D eigenvalue weighted by Gasteiger charge is 2.20. The molecule has 0 aliphatic rings. The van der Waals surface area contributed by atoms with Crippen LogP contribution in [0, 0.1) is 18.6 Å². The average molecular weight is 368 g/mol. The number of hydrogen-bond acceptors (Lipinski definition) is 3. The number of carbonyl (C=O) groups excluding carboxylic acids is 1. The van der Waals surface area contributed by atoms with Gasteiger partial charge in [-0.15, -0.1) is 0 Å². The maximum Gasteiger partial charge on any atom is 0.254 e. The molecule has 0 radical (unpaired) electrons. The van der Waals surface area contributed by atoms with Crippen LogP contribution >= 0.6 is 0 Å². The Morgan fingerprint density at radius 3 is 2.44 bits per heavy atom. The summed E-state index contributed by atoms with van der Waals surface area (Å²) < 4.78 is 52.7. The predicted octanol–water partition coefficient (Wildman–Crippen LogP) is 2.45. The molecule has 1 N–H and O–H groups in total. The summed E-state index contributed by atoms with van der Waals surface area (Å²) in [4.78, 5) is 13.8. The number of amides is 1. The van der Waals surface area contributed by atoms with E-state index in [0.29, 0.717) is 5.56 Å². The highest BCUT2D eigenvalue weighted by atomic mass is 32.2. The van der Waals surface area contributed by atoms with Gasteiger partial charge in [0, 0.05) is 30.8 Å². The minimum atomic E-state index is -3.69. The van der Waals surface area contributed by atoms with E-state index in [1.807, 2.05) is 0 Å². The van der Waals surface area contributed by atoms with E-state index in [1.165, 1.54) is 43.3 Å². The van der Waals surface area contributed by atoms with Crippen LogP contribution in [-0.2, 0) is 16.6 Å². The molecule has 5 nitrogen and oxygen atoms in total. The van der Waals surface area contributed by atoms with Crippen molar-refractivity contribution in [2.45, 2.75) is 18.4 Å². The molecule has 0 spiro atoms. The molecule has 1 amide bonds. The quantitative estimate of drug-likeness (QED) is 0.882. The van der Waals surface area contributed by atoms with Crippen molar-refractivity contribution >= 4 is 15.9 Å². The Labute approximate surface area is 145 Å². The molecule has 0 atom stereocenters. The number of sulfonamides is 1. The molecule has 134 valence electrons. The molecule has 0 aliphatic heterocycles. The predicted molar refractivity (Wildman–Crippen MR) is 89.6 cm³/mol. The Bertz CT molecular complexity index is 914. The van der Waals surface area contributed by atoms with Gasteiger partial charge in [0.2, 0.25) is 10.0 Å². The fourth-order valence-corrected chi connectivity index (χ4v) is 3.06. The number of halogens is 2. The normalized spacial score (nSPS) is 11.4. The third-order valence-corrected chi connectivity index (χ3v) is 5.20. The van der Waals surface area contributed by atoms with Gasteiger partial charge in [0.1, 0.15) is 11.6 Å². The zero-order valence-electron chi connectivity index (χ0n) is 14.0. The average Bonchev–Trinajstić information content (AvgIpc) is 2.56. The van der Waals surface area contributed by atoms with Gasteiger partial charge in [-0.05, 0) is 37.7 Å². The number of rotatable bonds is 5. The molecule has 0 aliphatic carbocycles. The van der Waals surface area contributed by atoms with Gasteiger partial charge in [-0.1, -0.05) is 12.1 Å². The van der Waals surface area contributed by atoms with E-state index >= 15 is 0 Å². The third kappa shape index (κ3) is 4.21. The van der Waals surface area contributed by atoms with Gasteiger partial charge in [0.25, 0.3) is 5.91 Å². The van der Waals surface area contributed by atoms with Crippen LogP contribution < -0.4 is 4.72 Å². The highest BCUT2D eigenvalue weighted by molar-refractivity contribution is 7.89. The first-order valence-electron chi connectivity index (χ1n) is 7.39. The molecule has 8 heteroatoms. The molecule has 0 aromatic heterocycles. The second-order valence-electron chi connectivity index (χ2n) is 5.58. The van der Waals surface area contributed by atoms with Crippen LogP contribution in [0.3, 0.4) is 0 Å². The Hall–Kier alpha value is -2.32. The van der Waals surface area contributed by atoms with E-state index < -0.39 is 27.6 Å².